The van der Waals surface area contributed by atoms with Crippen LogP contribution in [0.25, 0.3) is 5.57 Å². The van der Waals surface area contributed by atoms with Crippen molar-refractivity contribution in [2.75, 3.05) is 70.8 Å². The van der Waals surface area contributed by atoms with Crippen LogP contribution in [0.2, 0.25) is 0 Å². The fraction of sp³-hybridized carbons (Fsp3) is 0.483. The number of aliphatic imine (C=N–C) groups is 1. The Morgan fingerprint density at radius 3 is 1.82 bits per heavy atom. The van der Waals surface area contributed by atoms with E-state index < -0.39 is 7.40 Å². The van der Waals surface area contributed by atoms with Crippen molar-refractivity contribution < 1.29 is 27.6 Å². The fourth-order valence-electron chi connectivity index (χ4n) is 5.02. The van der Waals surface area contributed by atoms with Gasteiger partial charge in [-0.25, -0.2) is 0 Å². The van der Waals surface area contributed by atoms with Gasteiger partial charge in [-0.15, -0.1) is 0 Å². The Morgan fingerprint density at radius 2 is 1.33 bits per heavy atom. The molecule has 0 spiro atoms. The Morgan fingerprint density at radius 1 is 0.795 bits per heavy atom. The second kappa shape index (κ2) is 14.0. The van der Waals surface area contributed by atoms with Crippen LogP contribution in [-0.4, -0.2) is 83.5 Å². The number of nitrogens with zero attached hydrogens (tertiary/aromatic N) is 3. The van der Waals surface area contributed by atoms with Crippen molar-refractivity contribution in [3.63, 3.8) is 0 Å². The van der Waals surface area contributed by atoms with Gasteiger partial charge in [0, 0.05) is 41.4 Å². The third kappa shape index (κ3) is 7.45. The van der Waals surface area contributed by atoms with Crippen molar-refractivity contribution in [1.82, 2.24) is 4.48 Å². The van der Waals surface area contributed by atoms with Crippen molar-refractivity contribution in [2.24, 2.45) is 4.99 Å². The van der Waals surface area contributed by atoms with Crippen LogP contribution in [0.15, 0.2) is 52.7 Å². The summed E-state index contributed by atoms with van der Waals surface area (Å²) in [7, 11) is -2.66. The van der Waals surface area contributed by atoms with E-state index in [1.807, 2.05) is 51.1 Å². The first-order chi connectivity index (χ1) is 18.9. The van der Waals surface area contributed by atoms with Crippen LogP contribution >= 0.6 is 0 Å². The van der Waals surface area contributed by atoms with E-state index in [9.17, 15) is 8.63 Å². The first-order valence-corrected chi connectivity index (χ1v) is 13.5. The quantitative estimate of drug-likeness (QED) is 0.514. The number of benzene rings is 1. The lowest BCUT2D eigenvalue weighted by atomic mass is 9.94. The summed E-state index contributed by atoms with van der Waals surface area (Å²) in [5.41, 5.74) is 6.90. The molecule has 1 aromatic carbocycles. The highest BCUT2D eigenvalue weighted by atomic mass is 19.2. The topological polar surface area (TPSA) is 57.5 Å². The molecular formula is C29H38BF2N3O4. The number of hydrogen-bond acceptors (Lipinski definition) is 6. The zero-order valence-electron chi connectivity index (χ0n) is 23.3. The third-order valence-corrected chi connectivity index (χ3v) is 6.82. The van der Waals surface area contributed by atoms with Crippen molar-refractivity contribution in [3.8, 4) is 0 Å². The molecule has 2 aliphatic rings. The normalized spacial score (nSPS) is 19.7. The maximum Gasteiger partial charge on any atom is 0.677 e. The summed E-state index contributed by atoms with van der Waals surface area (Å²) < 4.78 is 52.2. The van der Waals surface area contributed by atoms with E-state index in [-0.39, 0.29) is 0 Å². The molecule has 0 bridgehead atoms. The standard InChI is InChI=1S/C29H38BF2N3O4/c1-21-19-23(3)33-28(21)27(29-22(2)20-24(4)35(29)30(31)32)25-5-7-26(8-6-25)34-9-11-36-13-15-38-17-18-39-16-14-37-12-10-34/h5-8,19-20H,9-18H2,1-4H3/b28-27-. The third-order valence-electron chi connectivity index (χ3n) is 6.82. The molecule has 3 heterocycles. The number of aryl methyl sites for hydroxylation is 2. The van der Waals surface area contributed by atoms with Gasteiger partial charge in [-0.1, -0.05) is 12.1 Å². The van der Waals surface area contributed by atoms with Gasteiger partial charge in [-0.05, 0) is 68.7 Å². The summed E-state index contributed by atoms with van der Waals surface area (Å²) >= 11 is 0. The molecule has 210 valence electrons. The van der Waals surface area contributed by atoms with E-state index in [2.05, 4.69) is 4.90 Å². The van der Waals surface area contributed by atoms with Crippen molar-refractivity contribution in [2.45, 2.75) is 27.7 Å². The second-order valence-electron chi connectivity index (χ2n) is 9.75. The average Bonchev–Trinajstić information content (AvgIpc) is 3.38. The molecule has 0 radical (unpaired) electrons. The minimum Gasteiger partial charge on any atom is -0.377 e. The molecule has 2 aliphatic heterocycles. The van der Waals surface area contributed by atoms with E-state index >= 15 is 0 Å². The molecule has 7 nitrogen and oxygen atoms in total. The molecule has 0 aliphatic carbocycles. The van der Waals surface area contributed by atoms with Crippen molar-refractivity contribution in [3.05, 3.63) is 70.2 Å². The molecule has 39 heavy (non-hydrogen) atoms. The molecule has 0 amide bonds. The Balaban J connectivity index is 1.64. The van der Waals surface area contributed by atoms with Gasteiger partial charge < -0.3 is 28.3 Å². The highest BCUT2D eigenvalue weighted by molar-refractivity contribution is 6.41. The van der Waals surface area contributed by atoms with Gasteiger partial charge in [0.1, 0.15) is 0 Å². The first kappa shape index (κ1) is 29.2. The summed E-state index contributed by atoms with van der Waals surface area (Å²) in [6.07, 6.45) is 1.99. The highest BCUT2D eigenvalue weighted by Gasteiger charge is 2.29. The molecule has 1 saturated heterocycles. The van der Waals surface area contributed by atoms with Crippen LogP contribution in [0.1, 0.15) is 36.4 Å². The number of halogens is 2. The van der Waals surface area contributed by atoms with Gasteiger partial charge in [0.15, 0.2) is 0 Å². The van der Waals surface area contributed by atoms with Crippen LogP contribution in [0.5, 0.6) is 0 Å². The summed E-state index contributed by atoms with van der Waals surface area (Å²) in [6, 6.07) is 9.84. The number of rotatable bonds is 4. The van der Waals surface area contributed by atoms with Crippen LogP contribution in [0.3, 0.4) is 0 Å². The molecular weight excluding hydrogens is 503 g/mol. The van der Waals surface area contributed by atoms with Gasteiger partial charge in [0.25, 0.3) is 0 Å². The molecule has 0 atom stereocenters. The maximum absolute atomic E-state index is 14.2. The lowest BCUT2D eigenvalue weighted by Crippen LogP contribution is -2.31. The van der Waals surface area contributed by atoms with Crippen LogP contribution in [0.4, 0.5) is 14.3 Å². The molecule has 10 heteroatoms. The Hall–Kier alpha value is -2.79. The number of allylic oxidation sites excluding steroid dienone is 2. The lowest BCUT2D eigenvalue weighted by Gasteiger charge is -2.25. The van der Waals surface area contributed by atoms with E-state index in [0.29, 0.717) is 82.9 Å². The van der Waals surface area contributed by atoms with Crippen molar-refractivity contribution in [1.29, 1.82) is 0 Å². The first-order valence-electron chi connectivity index (χ1n) is 13.5. The van der Waals surface area contributed by atoms with Gasteiger partial charge in [-0.3, -0.25) is 13.6 Å². The zero-order valence-corrected chi connectivity index (χ0v) is 23.3. The van der Waals surface area contributed by atoms with Crippen LogP contribution < -0.4 is 4.90 Å². The minimum atomic E-state index is -2.66. The van der Waals surface area contributed by atoms with Gasteiger partial charge in [0.2, 0.25) is 0 Å². The number of anilines is 1. The predicted molar refractivity (Wildman–Crippen MR) is 152 cm³/mol. The van der Waals surface area contributed by atoms with E-state index in [4.69, 9.17) is 23.9 Å². The number of hydrogen-bond donors (Lipinski definition) is 0. The Labute approximate surface area is 230 Å². The summed E-state index contributed by atoms with van der Waals surface area (Å²) in [4.78, 5) is 6.95. The molecule has 4 rings (SSSR count). The molecule has 0 unspecified atom stereocenters. The molecule has 2 aromatic rings. The second-order valence-corrected chi connectivity index (χ2v) is 9.75. The van der Waals surface area contributed by atoms with Crippen LogP contribution in [-0.2, 0) is 18.9 Å². The average molecular weight is 541 g/mol. The Bertz CT molecular complexity index is 1190. The number of ether oxygens (including phenoxy) is 4. The minimum absolute atomic E-state index is 0.497. The monoisotopic (exact) mass is 541 g/mol. The summed E-state index contributed by atoms with van der Waals surface area (Å²) in [6.45, 7) is 13.1. The molecule has 0 saturated carbocycles. The van der Waals surface area contributed by atoms with Crippen LogP contribution in [0, 0.1) is 13.8 Å². The maximum atomic E-state index is 14.2. The Kier molecular flexibility index (Phi) is 10.5. The summed E-state index contributed by atoms with van der Waals surface area (Å²) in [5.74, 6) is 0. The van der Waals surface area contributed by atoms with Gasteiger partial charge in [-0.2, -0.15) is 0 Å². The lowest BCUT2D eigenvalue weighted by molar-refractivity contribution is 0.00206. The fourth-order valence-corrected chi connectivity index (χ4v) is 5.02. The molecule has 1 fully saturated rings. The van der Waals surface area contributed by atoms with Gasteiger partial charge in [0.05, 0.1) is 58.6 Å². The van der Waals surface area contributed by atoms with Gasteiger partial charge >= 0.3 is 7.40 Å². The SMILES string of the molecule is CC1=CC(C)=N/C1=C(/c1ccc(N2CCOCCOCCOCCOCC2)cc1)c1c(C)cc(C)n1B(F)F. The smallest absolute Gasteiger partial charge is 0.377 e. The molecule has 0 N–H and O–H groups in total. The van der Waals surface area contributed by atoms with E-state index in [0.717, 1.165) is 38.3 Å². The van der Waals surface area contributed by atoms with E-state index in [1.54, 1.807) is 13.0 Å². The summed E-state index contributed by atoms with van der Waals surface area (Å²) in [5, 5.41) is 0. The molecule has 1 aromatic heterocycles. The van der Waals surface area contributed by atoms with Crippen molar-refractivity contribution >= 4 is 24.4 Å². The highest BCUT2D eigenvalue weighted by Crippen LogP contribution is 2.37. The largest absolute Gasteiger partial charge is 0.677 e. The zero-order chi connectivity index (χ0) is 27.8. The predicted octanol–water partition coefficient (Wildman–Crippen LogP) is 4.94. The number of aromatic nitrogens is 1. The van der Waals surface area contributed by atoms with E-state index in [1.165, 1.54) is 0 Å².